The minimum absolute atomic E-state index is 0.0322. The average Bonchev–Trinajstić information content (AvgIpc) is 2.58. The summed E-state index contributed by atoms with van der Waals surface area (Å²) in [6, 6.07) is 0. The molecule has 6 heteroatoms. The van der Waals surface area contributed by atoms with Crippen molar-refractivity contribution >= 4 is 34.5 Å². The van der Waals surface area contributed by atoms with Gasteiger partial charge in [-0.05, 0) is 62.4 Å². The second-order valence-electron chi connectivity index (χ2n) is 8.53. The standard InChI is InChI=1S/C20H23N3O2S/c24-17(23-20-8-12-5-13(9-20)7-14(6-12)10-20)11-26-19-21-16-4-2-1-3-15(16)18(25)22-19/h1-4,12-15H,5-11H2,(H,23,24). The van der Waals surface area contributed by atoms with E-state index in [2.05, 4.69) is 15.3 Å². The lowest BCUT2D eigenvalue weighted by Gasteiger charge is -2.56. The zero-order chi connectivity index (χ0) is 17.7. The van der Waals surface area contributed by atoms with Crippen LogP contribution in [0.15, 0.2) is 34.3 Å². The first-order valence-electron chi connectivity index (χ1n) is 9.58. The lowest BCUT2D eigenvalue weighted by atomic mass is 9.53. The fourth-order valence-electron chi connectivity index (χ4n) is 5.94. The largest absolute Gasteiger partial charge is 0.350 e. The number of allylic oxidation sites excluding steroid dienone is 3. The van der Waals surface area contributed by atoms with E-state index >= 15 is 0 Å². The molecule has 136 valence electrons. The summed E-state index contributed by atoms with van der Waals surface area (Å²) in [6.45, 7) is 0. The molecular weight excluding hydrogens is 346 g/mol. The Morgan fingerprint density at radius 3 is 2.50 bits per heavy atom. The Balaban J connectivity index is 1.21. The van der Waals surface area contributed by atoms with Crippen LogP contribution >= 0.6 is 11.8 Å². The van der Waals surface area contributed by atoms with Crippen LogP contribution in [0, 0.1) is 23.7 Å². The van der Waals surface area contributed by atoms with E-state index in [9.17, 15) is 9.59 Å². The molecule has 0 radical (unpaired) electrons. The molecule has 1 N–H and O–H groups in total. The van der Waals surface area contributed by atoms with Crippen molar-refractivity contribution in [3.8, 4) is 0 Å². The minimum atomic E-state index is -0.356. The lowest BCUT2D eigenvalue weighted by Crippen LogP contribution is -2.60. The molecule has 6 rings (SSSR count). The second kappa shape index (κ2) is 6.19. The number of carbonyl (C=O) groups excluding carboxylic acids is 2. The summed E-state index contributed by atoms with van der Waals surface area (Å²) in [5.74, 6) is 2.20. The second-order valence-corrected chi connectivity index (χ2v) is 9.47. The molecule has 4 bridgehead atoms. The van der Waals surface area contributed by atoms with Crippen LogP contribution in [-0.2, 0) is 9.59 Å². The number of thioether (sulfide) groups is 1. The molecule has 0 aromatic heterocycles. The van der Waals surface area contributed by atoms with Gasteiger partial charge in [-0.25, -0.2) is 4.99 Å². The maximum Gasteiger partial charge on any atom is 0.261 e. The third kappa shape index (κ3) is 2.98. The predicted octanol–water partition coefficient (Wildman–Crippen LogP) is 2.88. The topological polar surface area (TPSA) is 70.9 Å². The van der Waals surface area contributed by atoms with E-state index in [0.29, 0.717) is 5.17 Å². The number of hydrogen-bond donors (Lipinski definition) is 1. The highest BCUT2D eigenvalue weighted by molar-refractivity contribution is 8.14. The van der Waals surface area contributed by atoms with Crippen LogP contribution in [0.25, 0.3) is 0 Å². The molecular formula is C20H23N3O2S. The first-order valence-corrected chi connectivity index (χ1v) is 10.6. The van der Waals surface area contributed by atoms with Crippen molar-refractivity contribution in [2.45, 2.75) is 44.1 Å². The SMILES string of the molecule is O=C(CSC1=NC(=O)C2C=CC=CC2=N1)NC12CC3CC(CC(C3)C1)C2. The van der Waals surface area contributed by atoms with E-state index in [-0.39, 0.29) is 29.0 Å². The summed E-state index contributed by atoms with van der Waals surface area (Å²) in [5.41, 5.74) is 0.751. The van der Waals surface area contributed by atoms with Crippen molar-refractivity contribution in [1.82, 2.24) is 5.32 Å². The van der Waals surface area contributed by atoms with E-state index in [1.54, 1.807) is 0 Å². The van der Waals surface area contributed by atoms with Crippen LogP contribution < -0.4 is 5.32 Å². The number of rotatable bonds is 3. The summed E-state index contributed by atoms with van der Waals surface area (Å²) in [6.07, 6.45) is 14.9. The monoisotopic (exact) mass is 369 g/mol. The Kier molecular flexibility index (Phi) is 3.92. The van der Waals surface area contributed by atoms with Gasteiger partial charge in [0.15, 0.2) is 5.17 Å². The molecule has 5 aliphatic carbocycles. The molecule has 26 heavy (non-hydrogen) atoms. The molecule has 1 heterocycles. The van der Waals surface area contributed by atoms with Gasteiger partial charge in [0.25, 0.3) is 5.91 Å². The molecule has 0 aromatic carbocycles. The molecule has 0 saturated heterocycles. The Morgan fingerprint density at radius 2 is 1.81 bits per heavy atom. The van der Waals surface area contributed by atoms with E-state index < -0.39 is 0 Å². The molecule has 5 nitrogen and oxygen atoms in total. The van der Waals surface area contributed by atoms with Crippen molar-refractivity contribution in [3.63, 3.8) is 0 Å². The van der Waals surface area contributed by atoms with Gasteiger partial charge in [-0.3, -0.25) is 9.59 Å². The summed E-state index contributed by atoms with van der Waals surface area (Å²) in [7, 11) is 0. The Hall–Kier alpha value is -1.69. The molecule has 1 unspecified atom stereocenters. The molecule has 2 amide bonds. The Morgan fingerprint density at radius 1 is 1.12 bits per heavy atom. The number of nitrogens with zero attached hydrogens (tertiary/aromatic N) is 2. The maximum atomic E-state index is 12.6. The van der Waals surface area contributed by atoms with E-state index in [4.69, 9.17) is 0 Å². The molecule has 6 aliphatic rings. The zero-order valence-electron chi connectivity index (χ0n) is 14.7. The number of amides is 2. The van der Waals surface area contributed by atoms with Gasteiger partial charge in [0, 0.05) is 5.54 Å². The maximum absolute atomic E-state index is 12.6. The van der Waals surface area contributed by atoms with Gasteiger partial charge in [-0.15, -0.1) is 0 Å². The highest BCUT2D eigenvalue weighted by Gasteiger charge is 2.51. The van der Waals surface area contributed by atoms with Crippen LogP contribution in [0.1, 0.15) is 38.5 Å². The van der Waals surface area contributed by atoms with Crippen LogP contribution in [0.5, 0.6) is 0 Å². The van der Waals surface area contributed by atoms with E-state index in [1.165, 1.54) is 31.0 Å². The number of aliphatic imine (C=N–C) groups is 2. The summed E-state index contributed by atoms with van der Waals surface area (Å²) in [5, 5.41) is 3.76. The smallest absolute Gasteiger partial charge is 0.261 e. The fraction of sp³-hybridized carbons (Fsp3) is 0.600. The van der Waals surface area contributed by atoms with Gasteiger partial charge in [0.2, 0.25) is 5.91 Å². The van der Waals surface area contributed by atoms with Crippen molar-refractivity contribution in [3.05, 3.63) is 24.3 Å². The van der Waals surface area contributed by atoms with E-state index in [1.807, 2.05) is 24.3 Å². The Labute approximate surface area is 157 Å². The lowest BCUT2D eigenvalue weighted by molar-refractivity contribution is -0.124. The van der Waals surface area contributed by atoms with E-state index in [0.717, 1.165) is 42.7 Å². The minimum Gasteiger partial charge on any atom is -0.350 e. The van der Waals surface area contributed by atoms with Crippen molar-refractivity contribution in [2.75, 3.05) is 5.75 Å². The number of fused-ring (bicyclic) bond motifs is 1. The van der Waals surface area contributed by atoms with Crippen molar-refractivity contribution in [2.24, 2.45) is 33.7 Å². The quantitative estimate of drug-likeness (QED) is 0.831. The number of hydrogen-bond acceptors (Lipinski definition) is 4. The van der Waals surface area contributed by atoms with Gasteiger partial charge < -0.3 is 5.32 Å². The van der Waals surface area contributed by atoms with Crippen LogP contribution in [-0.4, -0.2) is 34.0 Å². The third-order valence-corrected chi connectivity index (χ3v) is 7.32. The molecule has 4 saturated carbocycles. The van der Waals surface area contributed by atoms with Crippen LogP contribution in [0.2, 0.25) is 0 Å². The Bertz CT molecular complexity index is 745. The molecule has 1 aliphatic heterocycles. The normalized spacial score (nSPS) is 39.5. The average molecular weight is 369 g/mol. The number of carbonyl (C=O) groups is 2. The molecule has 0 spiro atoms. The predicted molar refractivity (Wildman–Crippen MR) is 103 cm³/mol. The van der Waals surface area contributed by atoms with Gasteiger partial charge >= 0.3 is 0 Å². The van der Waals surface area contributed by atoms with Crippen LogP contribution in [0.3, 0.4) is 0 Å². The van der Waals surface area contributed by atoms with Gasteiger partial charge in [0.05, 0.1) is 11.5 Å². The fourth-order valence-corrected chi connectivity index (χ4v) is 6.59. The zero-order valence-corrected chi connectivity index (χ0v) is 15.5. The summed E-state index contributed by atoms with van der Waals surface area (Å²) < 4.78 is 0. The summed E-state index contributed by atoms with van der Waals surface area (Å²) in [4.78, 5) is 33.2. The first kappa shape index (κ1) is 16.5. The van der Waals surface area contributed by atoms with Gasteiger partial charge in [-0.2, -0.15) is 4.99 Å². The number of amidine groups is 1. The number of nitrogens with one attached hydrogen (secondary N) is 1. The van der Waals surface area contributed by atoms with Crippen molar-refractivity contribution in [1.29, 1.82) is 0 Å². The molecule has 1 atom stereocenters. The highest BCUT2D eigenvalue weighted by Crippen LogP contribution is 2.55. The summed E-state index contributed by atoms with van der Waals surface area (Å²) >= 11 is 1.27. The third-order valence-electron chi connectivity index (χ3n) is 6.47. The first-order chi connectivity index (χ1) is 12.6. The van der Waals surface area contributed by atoms with Gasteiger partial charge in [-0.1, -0.05) is 30.0 Å². The van der Waals surface area contributed by atoms with Crippen LogP contribution in [0.4, 0.5) is 0 Å². The highest BCUT2D eigenvalue weighted by atomic mass is 32.2. The molecule has 4 fully saturated rings. The molecule has 0 aromatic rings. The van der Waals surface area contributed by atoms with Crippen molar-refractivity contribution < 1.29 is 9.59 Å². The van der Waals surface area contributed by atoms with Gasteiger partial charge in [0.1, 0.15) is 5.92 Å².